The largest absolute Gasteiger partial charge is 0.487 e. The number of nitrogens with one attached hydrogen (secondary N) is 1. The Morgan fingerprint density at radius 1 is 0.935 bits per heavy atom. The molecule has 0 saturated heterocycles. The summed E-state index contributed by atoms with van der Waals surface area (Å²) in [7, 11) is 1.52. The molecular weight excluding hydrogens is 392 g/mol. The third-order valence-electron chi connectivity index (χ3n) is 4.69. The number of carboxylic acids is 1. The molecule has 0 aliphatic heterocycles. The zero-order valence-electron chi connectivity index (χ0n) is 17.5. The van der Waals surface area contributed by atoms with E-state index in [1.807, 2.05) is 78.9 Å². The standard InChI is InChI=1S/C25H26N2O4/c1-30-27-24(21-5-3-2-4-6-21)18-31-23-14-9-20(10-15-23)17-26-22-12-7-19(8-13-22)11-16-25(28)29/h2-10,12-15,26H,11,16-18H2,1H3,(H,28,29)/b27-24+. The lowest BCUT2D eigenvalue weighted by molar-refractivity contribution is -0.136. The van der Waals surface area contributed by atoms with Crippen LogP contribution >= 0.6 is 0 Å². The molecule has 0 heterocycles. The molecule has 0 amide bonds. The Kier molecular flexibility index (Phi) is 8.05. The Bertz CT molecular complexity index is 984. The van der Waals surface area contributed by atoms with E-state index in [9.17, 15) is 4.79 Å². The van der Waals surface area contributed by atoms with Crippen LogP contribution < -0.4 is 10.1 Å². The molecule has 0 spiro atoms. The number of nitrogens with zero attached hydrogens (tertiary/aromatic N) is 1. The van der Waals surface area contributed by atoms with Crippen molar-refractivity contribution in [3.63, 3.8) is 0 Å². The smallest absolute Gasteiger partial charge is 0.303 e. The number of anilines is 1. The van der Waals surface area contributed by atoms with Crippen LogP contribution in [0, 0.1) is 0 Å². The number of hydrogen-bond acceptors (Lipinski definition) is 5. The van der Waals surface area contributed by atoms with Gasteiger partial charge in [0, 0.05) is 24.2 Å². The molecule has 0 fully saturated rings. The topological polar surface area (TPSA) is 80.2 Å². The summed E-state index contributed by atoms with van der Waals surface area (Å²) in [5.74, 6) is -0.0248. The molecule has 6 nitrogen and oxygen atoms in total. The maximum absolute atomic E-state index is 10.7. The van der Waals surface area contributed by atoms with Gasteiger partial charge in [-0.3, -0.25) is 4.79 Å². The fourth-order valence-electron chi connectivity index (χ4n) is 3.00. The SMILES string of the molecule is CO/N=C(\COc1ccc(CNc2ccc(CCC(=O)O)cc2)cc1)c1ccccc1. The summed E-state index contributed by atoms with van der Waals surface area (Å²) in [6.45, 7) is 0.985. The number of benzene rings is 3. The van der Waals surface area contributed by atoms with Crippen molar-refractivity contribution < 1.29 is 19.5 Å². The van der Waals surface area contributed by atoms with Crippen LogP contribution in [0.1, 0.15) is 23.1 Å². The molecule has 3 aromatic rings. The van der Waals surface area contributed by atoms with Gasteiger partial charge in [0.05, 0.1) is 0 Å². The predicted octanol–water partition coefficient (Wildman–Crippen LogP) is 4.75. The normalized spacial score (nSPS) is 11.1. The average molecular weight is 418 g/mol. The summed E-state index contributed by atoms with van der Waals surface area (Å²) < 4.78 is 5.87. The number of aryl methyl sites for hydroxylation is 1. The molecule has 0 aliphatic rings. The highest BCUT2D eigenvalue weighted by Gasteiger charge is 2.06. The second-order valence-electron chi connectivity index (χ2n) is 6.96. The maximum Gasteiger partial charge on any atom is 0.303 e. The molecule has 0 saturated carbocycles. The number of oxime groups is 1. The molecule has 6 heteroatoms. The van der Waals surface area contributed by atoms with Gasteiger partial charge < -0.3 is 20.0 Å². The van der Waals surface area contributed by atoms with Gasteiger partial charge in [-0.05, 0) is 41.8 Å². The van der Waals surface area contributed by atoms with Gasteiger partial charge in [0.1, 0.15) is 25.2 Å². The molecule has 0 bridgehead atoms. The molecule has 160 valence electrons. The summed E-state index contributed by atoms with van der Waals surface area (Å²) >= 11 is 0. The number of aliphatic carboxylic acids is 1. The third-order valence-corrected chi connectivity index (χ3v) is 4.69. The Hall–Kier alpha value is -3.80. The Morgan fingerprint density at radius 3 is 2.26 bits per heavy atom. The van der Waals surface area contributed by atoms with Gasteiger partial charge in [-0.25, -0.2) is 0 Å². The van der Waals surface area contributed by atoms with Gasteiger partial charge in [-0.2, -0.15) is 0 Å². The molecule has 2 N–H and O–H groups in total. The van der Waals surface area contributed by atoms with Crippen molar-refractivity contribution in [2.24, 2.45) is 5.16 Å². The fourth-order valence-corrected chi connectivity index (χ4v) is 3.00. The van der Waals surface area contributed by atoms with E-state index in [0.717, 1.165) is 33.8 Å². The molecule has 0 aliphatic carbocycles. The van der Waals surface area contributed by atoms with Gasteiger partial charge >= 0.3 is 5.97 Å². The van der Waals surface area contributed by atoms with E-state index in [-0.39, 0.29) is 6.42 Å². The zero-order chi connectivity index (χ0) is 21.9. The highest BCUT2D eigenvalue weighted by molar-refractivity contribution is 6.01. The van der Waals surface area contributed by atoms with Gasteiger partial charge in [0.25, 0.3) is 0 Å². The minimum atomic E-state index is -0.781. The summed E-state index contributed by atoms with van der Waals surface area (Å²) in [5.41, 5.74) is 4.81. The molecule has 0 unspecified atom stereocenters. The molecule has 0 atom stereocenters. The van der Waals surface area contributed by atoms with E-state index in [2.05, 4.69) is 10.5 Å². The van der Waals surface area contributed by atoms with E-state index in [1.54, 1.807) is 0 Å². The zero-order valence-corrected chi connectivity index (χ0v) is 17.5. The van der Waals surface area contributed by atoms with Gasteiger partial charge in [-0.15, -0.1) is 0 Å². The lowest BCUT2D eigenvalue weighted by Crippen LogP contribution is -2.13. The average Bonchev–Trinajstić information content (AvgIpc) is 2.81. The number of hydrogen-bond donors (Lipinski definition) is 2. The molecular formula is C25H26N2O4. The number of ether oxygens (including phenoxy) is 1. The van der Waals surface area contributed by atoms with E-state index in [1.165, 1.54) is 7.11 Å². The van der Waals surface area contributed by atoms with E-state index >= 15 is 0 Å². The van der Waals surface area contributed by atoms with Crippen LogP contribution in [0.2, 0.25) is 0 Å². The van der Waals surface area contributed by atoms with Crippen LogP contribution in [0.3, 0.4) is 0 Å². The second-order valence-corrected chi connectivity index (χ2v) is 6.96. The molecule has 31 heavy (non-hydrogen) atoms. The van der Waals surface area contributed by atoms with Gasteiger partial charge in [0.2, 0.25) is 0 Å². The van der Waals surface area contributed by atoms with Gasteiger partial charge in [0.15, 0.2) is 0 Å². The Labute approximate surface area is 182 Å². The lowest BCUT2D eigenvalue weighted by Gasteiger charge is -2.10. The second kappa shape index (κ2) is 11.4. The minimum Gasteiger partial charge on any atom is -0.487 e. The Balaban J connectivity index is 1.50. The maximum atomic E-state index is 10.7. The number of carboxylic acid groups (broad SMARTS) is 1. The van der Waals surface area contributed by atoms with Crippen LogP contribution in [0.15, 0.2) is 84.0 Å². The highest BCUT2D eigenvalue weighted by atomic mass is 16.6. The van der Waals surface area contributed by atoms with E-state index in [4.69, 9.17) is 14.7 Å². The van der Waals surface area contributed by atoms with Crippen LogP contribution in [0.4, 0.5) is 5.69 Å². The summed E-state index contributed by atoms with van der Waals surface area (Å²) in [4.78, 5) is 15.6. The molecule has 0 radical (unpaired) electrons. The number of carbonyl (C=O) groups is 1. The first kappa shape index (κ1) is 21.9. The van der Waals surface area contributed by atoms with Crippen molar-refractivity contribution in [3.8, 4) is 5.75 Å². The summed E-state index contributed by atoms with van der Waals surface area (Å²) in [6.07, 6.45) is 0.684. The van der Waals surface area contributed by atoms with Crippen LogP contribution in [0.5, 0.6) is 5.75 Å². The monoisotopic (exact) mass is 418 g/mol. The van der Waals surface area contributed by atoms with Crippen molar-refractivity contribution in [1.29, 1.82) is 0 Å². The Morgan fingerprint density at radius 2 is 1.61 bits per heavy atom. The van der Waals surface area contributed by atoms with E-state index in [0.29, 0.717) is 19.6 Å². The first-order valence-corrected chi connectivity index (χ1v) is 10.1. The lowest BCUT2D eigenvalue weighted by atomic mass is 10.1. The van der Waals surface area contributed by atoms with Gasteiger partial charge in [-0.1, -0.05) is 59.8 Å². The first-order valence-electron chi connectivity index (χ1n) is 10.1. The molecule has 3 aromatic carbocycles. The molecule has 3 rings (SSSR count). The quantitative estimate of drug-likeness (QED) is 0.347. The first-order chi connectivity index (χ1) is 15.1. The van der Waals surface area contributed by atoms with Crippen LogP contribution in [0.25, 0.3) is 0 Å². The minimum absolute atomic E-state index is 0.144. The predicted molar refractivity (Wildman–Crippen MR) is 122 cm³/mol. The third kappa shape index (κ3) is 7.19. The molecule has 0 aromatic heterocycles. The van der Waals surface area contributed by atoms with Crippen molar-refractivity contribution in [2.45, 2.75) is 19.4 Å². The number of rotatable bonds is 11. The fraction of sp³-hybridized carbons (Fsp3) is 0.200. The van der Waals surface area contributed by atoms with Crippen LogP contribution in [-0.4, -0.2) is 30.5 Å². The van der Waals surface area contributed by atoms with Crippen molar-refractivity contribution in [2.75, 3.05) is 19.0 Å². The summed E-state index contributed by atoms with van der Waals surface area (Å²) in [5, 5.41) is 16.2. The van der Waals surface area contributed by atoms with E-state index < -0.39 is 5.97 Å². The van der Waals surface area contributed by atoms with Crippen LogP contribution in [-0.2, 0) is 22.6 Å². The van der Waals surface area contributed by atoms with Crippen molar-refractivity contribution in [1.82, 2.24) is 0 Å². The van der Waals surface area contributed by atoms with Crippen molar-refractivity contribution >= 4 is 17.4 Å². The van der Waals surface area contributed by atoms with Crippen molar-refractivity contribution in [3.05, 3.63) is 95.6 Å². The summed E-state index contributed by atoms with van der Waals surface area (Å²) in [6, 6.07) is 25.5. The highest BCUT2D eigenvalue weighted by Crippen LogP contribution is 2.16.